The molecule has 6 aromatic carbocycles. The Labute approximate surface area is 333 Å². The number of hydrogen-bond donors (Lipinski definition) is 1. The molecular weight excluding hydrogens is 709 g/mol. The van der Waals surface area contributed by atoms with E-state index < -0.39 is 23.3 Å². The van der Waals surface area contributed by atoms with Crippen molar-refractivity contribution in [2.45, 2.75) is 57.3 Å². The summed E-state index contributed by atoms with van der Waals surface area (Å²) in [4.78, 5) is 28.7. The van der Waals surface area contributed by atoms with Crippen LogP contribution in [0.15, 0.2) is 164 Å². The molecule has 0 fully saturated rings. The maximum atomic E-state index is 14.1. The molecule has 7 aromatic rings. The van der Waals surface area contributed by atoms with E-state index in [1.54, 1.807) is 25.7 Å². The fourth-order valence-electron chi connectivity index (χ4n) is 7.85. The minimum absolute atomic E-state index is 0.175. The van der Waals surface area contributed by atoms with Crippen LogP contribution in [0.5, 0.6) is 0 Å². The van der Waals surface area contributed by atoms with Crippen molar-refractivity contribution < 1.29 is 14.3 Å². The smallest absolute Gasteiger partial charge is 0.408 e. The molecule has 9 nitrogen and oxygen atoms in total. The van der Waals surface area contributed by atoms with Crippen LogP contribution in [-0.2, 0) is 28.0 Å². The van der Waals surface area contributed by atoms with E-state index in [0.717, 1.165) is 50.2 Å². The number of anilines is 1. The monoisotopic (exact) mass is 752 g/mol. The van der Waals surface area contributed by atoms with E-state index in [1.165, 1.54) is 0 Å². The standard InChI is InChI=1S/C48H44N6O3/c1-47(2,3)57-46(56)49-42-32-31-36-17-13-16-26-43(36)53(45(42)55)33-34-27-29-35(30-28-34)40-24-14-15-25-41(40)44-50-51-52-54(44)48(37-18-7-4-8-19-37,38-20-9-5-10-21-38)39-22-11-6-12-23-39/h4-30,42H,31-33H2,1-3H3,(H,49,56)/t42-/m1/s1. The molecule has 1 aromatic heterocycles. The number of para-hydroxylation sites is 1. The van der Waals surface area contributed by atoms with Gasteiger partial charge in [-0.3, -0.25) is 4.79 Å². The number of carbonyl (C=O) groups is 2. The lowest BCUT2D eigenvalue weighted by Crippen LogP contribution is -2.49. The summed E-state index contributed by atoms with van der Waals surface area (Å²) in [5.74, 6) is 0.437. The molecule has 284 valence electrons. The van der Waals surface area contributed by atoms with Crippen LogP contribution in [0.4, 0.5) is 10.5 Å². The molecule has 8 rings (SSSR count). The van der Waals surface area contributed by atoms with Crippen molar-refractivity contribution in [3.63, 3.8) is 0 Å². The Balaban J connectivity index is 1.16. The number of amides is 2. The van der Waals surface area contributed by atoms with Crippen molar-refractivity contribution in [1.82, 2.24) is 25.5 Å². The van der Waals surface area contributed by atoms with Gasteiger partial charge in [0.1, 0.15) is 17.2 Å². The summed E-state index contributed by atoms with van der Waals surface area (Å²) in [6.45, 7) is 5.75. The van der Waals surface area contributed by atoms with Crippen LogP contribution in [-0.4, -0.2) is 43.9 Å². The van der Waals surface area contributed by atoms with Gasteiger partial charge in [0.15, 0.2) is 5.82 Å². The Kier molecular flexibility index (Phi) is 10.2. The summed E-state index contributed by atoms with van der Waals surface area (Å²) in [6, 6.07) is 54.7. The molecule has 0 saturated heterocycles. The molecule has 1 aliphatic heterocycles. The first kappa shape index (κ1) is 37.1. The maximum absolute atomic E-state index is 14.1. The number of nitrogens with one attached hydrogen (secondary N) is 1. The molecule has 0 unspecified atom stereocenters. The Morgan fingerprint density at radius 2 is 1.25 bits per heavy atom. The van der Waals surface area contributed by atoms with Gasteiger partial charge < -0.3 is 15.0 Å². The second-order valence-electron chi connectivity index (χ2n) is 15.3. The average Bonchev–Trinajstić information content (AvgIpc) is 3.68. The lowest BCUT2D eigenvalue weighted by molar-refractivity contribution is -0.120. The van der Waals surface area contributed by atoms with Gasteiger partial charge in [0.25, 0.3) is 0 Å². The molecular formula is C48H44N6O3. The first-order valence-corrected chi connectivity index (χ1v) is 19.3. The number of tetrazole rings is 1. The predicted molar refractivity (Wildman–Crippen MR) is 222 cm³/mol. The number of hydrogen-bond acceptors (Lipinski definition) is 6. The van der Waals surface area contributed by atoms with E-state index in [0.29, 0.717) is 25.2 Å². The van der Waals surface area contributed by atoms with Crippen molar-refractivity contribution in [1.29, 1.82) is 0 Å². The van der Waals surface area contributed by atoms with Crippen LogP contribution in [0.2, 0.25) is 0 Å². The topological polar surface area (TPSA) is 102 Å². The molecule has 1 atom stereocenters. The highest BCUT2D eigenvalue weighted by molar-refractivity contribution is 6.00. The van der Waals surface area contributed by atoms with Gasteiger partial charge >= 0.3 is 6.09 Å². The number of benzene rings is 6. The van der Waals surface area contributed by atoms with Crippen LogP contribution in [0.1, 0.15) is 55.0 Å². The first-order valence-electron chi connectivity index (χ1n) is 19.3. The summed E-state index contributed by atoms with van der Waals surface area (Å²) in [5.41, 5.74) is 7.13. The minimum atomic E-state index is -0.897. The normalized spacial score (nSPS) is 14.4. The number of nitrogens with zero attached hydrogens (tertiary/aromatic N) is 5. The fraction of sp³-hybridized carbons (Fsp3) is 0.188. The van der Waals surface area contributed by atoms with E-state index in [-0.39, 0.29) is 5.91 Å². The Morgan fingerprint density at radius 1 is 0.702 bits per heavy atom. The van der Waals surface area contributed by atoms with Gasteiger partial charge in [-0.2, -0.15) is 0 Å². The zero-order valence-corrected chi connectivity index (χ0v) is 32.2. The summed E-state index contributed by atoms with van der Waals surface area (Å²) in [7, 11) is 0. The Hall–Kier alpha value is -6.87. The fourth-order valence-corrected chi connectivity index (χ4v) is 7.85. The lowest BCUT2D eigenvalue weighted by atomic mass is 9.77. The van der Waals surface area contributed by atoms with Gasteiger partial charge in [-0.05, 0) is 89.1 Å². The average molecular weight is 753 g/mol. The third-order valence-electron chi connectivity index (χ3n) is 10.4. The number of aryl methyl sites for hydroxylation is 1. The molecule has 0 spiro atoms. The first-order chi connectivity index (χ1) is 27.7. The molecule has 1 aliphatic rings. The second-order valence-corrected chi connectivity index (χ2v) is 15.3. The van der Waals surface area contributed by atoms with Crippen LogP contribution < -0.4 is 10.2 Å². The zero-order chi connectivity index (χ0) is 39.4. The Bertz CT molecular complexity index is 2380. The van der Waals surface area contributed by atoms with Crippen molar-refractivity contribution >= 4 is 17.7 Å². The molecule has 2 heterocycles. The lowest BCUT2D eigenvalue weighted by Gasteiger charge is -2.36. The second kappa shape index (κ2) is 15.7. The van der Waals surface area contributed by atoms with Gasteiger partial charge in [0, 0.05) is 11.3 Å². The van der Waals surface area contributed by atoms with E-state index in [2.05, 4.69) is 71.2 Å². The number of alkyl carbamates (subject to hydrolysis) is 1. The van der Waals surface area contributed by atoms with E-state index >= 15 is 0 Å². The van der Waals surface area contributed by atoms with Crippen molar-refractivity contribution in [3.8, 4) is 22.5 Å². The summed E-state index contributed by atoms with van der Waals surface area (Å²) in [5, 5.41) is 16.6. The molecule has 9 heteroatoms. The molecule has 0 bridgehead atoms. The SMILES string of the molecule is CC(C)(C)OC(=O)N[C@@H]1CCc2ccccc2N(Cc2ccc(-c3ccccc3-c3nnnn3C(c3ccccc3)(c3ccccc3)c3ccccc3)cc2)C1=O. The third kappa shape index (κ3) is 7.44. The highest BCUT2D eigenvalue weighted by Gasteiger charge is 2.42. The van der Waals surface area contributed by atoms with Gasteiger partial charge in [0.2, 0.25) is 5.91 Å². The van der Waals surface area contributed by atoms with Crippen LogP contribution in [0, 0.1) is 0 Å². The van der Waals surface area contributed by atoms with Crippen LogP contribution in [0.25, 0.3) is 22.5 Å². The zero-order valence-electron chi connectivity index (χ0n) is 32.2. The van der Waals surface area contributed by atoms with Gasteiger partial charge in [0.05, 0.1) is 6.54 Å². The van der Waals surface area contributed by atoms with E-state index in [1.807, 2.05) is 108 Å². The number of fused-ring (bicyclic) bond motifs is 1. The predicted octanol–water partition coefficient (Wildman–Crippen LogP) is 9.22. The van der Waals surface area contributed by atoms with Crippen LogP contribution >= 0.6 is 0 Å². The molecule has 0 radical (unpaired) electrons. The quantitative estimate of drug-likeness (QED) is 0.148. The largest absolute Gasteiger partial charge is 0.444 e. The van der Waals surface area contributed by atoms with Crippen molar-refractivity contribution in [2.75, 3.05) is 4.90 Å². The molecule has 1 N–H and O–H groups in total. The number of rotatable bonds is 9. The third-order valence-corrected chi connectivity index (χ3v) is 10.4. The summed E-state index contributed by atoms with van der Waals surface area (Å²) >= 11 is 0. The number of aromatic nitrogens is 4. The molecule has 0 saturated carbocycles. The maximum Gasteiger partial charge on any atom is 0.408 e. The highest BCUT2D eigenvalue weighted by atomic mass is 16.6. The van der Waals surface area contributed by atoms with Crippen LogP contribution in [0.3, 0.4) is 0 Å². The molecule has 0 aliphatic carbocycles. The number of ether oxygens (including phenoxy) is 1. The number of carbonyl (C=O) groups excluding carboxylic acids is 2. The van der Waals surface area contributed by atoms with E-state index in [9.17, 15) is 9.59 Å². The van der Waals surface area contributed by atoms with Crippen molar-refractivity contribution in [3.05, 3.63) is 192 Å². The van der Waals surface area contributed by atoms with Gasteiger partial charge in [-0.1, -0.05) is 158 Å². The minimum Gasteiger partial charge on any atom is -0.444 e. The van der Waals surface area contributed by atoms with Crippen molar-refractivity contribution in [2.24, 2.45) is 0 Å². The van der Waals surface area contributed by atoms with Gasteiger partial charge in [-0.15, -0.1) is 5.10 Å². The highest BCUT2D eigenvalue weighted by Crippen LogP contribution is 2.43. The Morgan fingerprint density at radius 3 is 1.84 bits per heavy atom. The molecule has 57 heavy (non-hydrogen) atoms. The summed E-state index contributed by atoms with van der Waals surface area (Å²) < 4.78 is 7.46. The van der Waals surface area contributed by atoms with Gasteiger partial charge in [-0.25, -0.2) is 9.48 Å². The van der Waals surface area contributed by atoms with E-state index in [4.69, 9.17) is 15.0 Å². The molecule has 2 amide bonds. The summed E-state index contributed by atoms with van der Waals surface area (Å²) in [6.07, 6.45) is 0.518.